The quantitative estimate of drug-likeness (QED) is 0.481. The second-order valence-electron chi connectivity index (χ2n) is 9.04. The first kappa shape index (κ1) is 21.7. The van der Waals surface area contributed by atoms with Crippen molar-refractivity contribution < 1.29 is 23.2 Å². The molecular weight excluding hydrogens is 351 g/mol. The lowest BCUT2D eigenvalue weighted by atomic mass is 9.69. The Balaban J connectivity index is 1.86. The summed E-state index contributed by atoms with van der Waals surface area (Å²) in [4.78, 5) is 25.2. The summed E-state index contributed by atoms with van der Waals surface area (Å²) in [6, 6.07) is 0. The van der Waals surface area contributed by atoms with Crippen LogP contribution in [0.2, 0.25) is 0 Å². The predicted octanol–water partition coefficient (Wildman–Crippen LogP) is 5.24. The molecule has 0 aliphatic heterocycles. The zero-order valence-electron chi connectivity index (χ0n) is 17.0. The molecule has 0 spiro atoms. The summed E-state index contributed by atoms with van der Waals surface area (Å²) >= 11 is 0. The Hall–Kier alpha value is -0.640. The molecule has 6 heteroatoms. The van der Waals surface area contributed by atoms with Gasteiger partial charge in [0.05, 0.1) is 0 Å². The fourth-order valence-corrected chi connectivity index (χ4v) is 4.99. The Morgan fingerprint density at radius 2 is 1.12 bits per heavy atom. The molecule has 148 valence electrons. The summed E-state index contributed by atoms with van der Waals surface area (Å²) in [7, 11) is -2.55. The summed E-state index contributed by atoms with van der Waals surface area (Å²) < 4.78 is 23.3. The molecule has 26 heavy (non-hydrogen) atoms. The molecular formula is C20H34O5P+. The number of ketones is 2. The van der Waals surface area contributed by atoms with Crippen LogP contribution in [0.15, 0.2) is 0 Å². The van der Waals surface area contributed by atoms with Crippen molar-refractivity contribution >= 4 is 19.8 Å². The lowest BCUT2D eigenvalue weighted by molar-refractivity contribution is -0.144. The van der Waals surface area contributed by atoms with Crippen molar-refractivity contribution in [2.24, 2.45) is 23.7 Å². The van der Waals surface area contributed by atoms with Crippen LogP contribution in [0.4, 0.5) is 0 Å². The Bertz CT molecular complexity index is 509. The van der Waals surface area contributed by atoms with Crippen LogP contribution in [0.1, 0.15) is 80.1 Å². The lowest BCUT2D eigenvalue weighted by Crippen LogP contribution is -2.45. The Morgan fingerprint density at radius 3 is 1.38 bits per heavy atom. The highest BCUT2D eigenvalue weighted by molar-refractivity contribution is 7.33. The Morgan fingerprint density at radius 1 is 0.808 bits per heavy atom. The molecule has 2 aliphatic carbocycles. The molecule has 2 saturated carbocycles. The second kappa shape index (κ2) is 8.16. The van der Waals surface area contributed by atoms with Gasteiger partial charge in [-0.25, -0.2) is 0 Å². The maximum absolute atomic E-state index is 12.6. The fourth-order valence-electron chi connectivity index (χ4n) is 4.03. The Labute approximate surface area is 158 Å². The number of carbonyl (C=O) groups is 2. The minimum Gasteiger partial charge on any atom is -0.296 e. The zero-order chi connectivity index (χ0) is 19.7. The van der Waals surface area contributed by atoms with Crippen molar-refractivity contribution in [3.63, 3.8) is 0 Å². The molecule has 5 nitrogen and oxygen atoms in total. The largest absolute Gasteiger partial charge is 0.699 e. The van der Waals surface area contributed by atoms with Crippen LogP contribution < -0.4 is 0 Å². The number of Topliss-reactive ketones (excluding diaryl/α,β-unsaturated/α-hetero) is 2. The minimum atomic E-state index is -2.55. The maximum Gasteiger partial charge on any atom is 0.699 e. The fraction of sp³-hybridized carbons (Fsp3) is 0.900. The first-order valence-corrected chi connectivity index (χ1v) is 11.0. The van der Waals surface area contributed by atoms with Crippen LogP contribution in [-0.4, -0.2) is 22.8 Å². The van der Waals surface area contributed by atoms with E-state index in [4.69, 9.17) is 9.05 Å². The molecule has 0 aromatic rings. The van der Waals surface area contributed by atoms with E-state index in [0.29, 0.717) is 11.8 Å². The molecule has 0 heterocycles. The summed E-state index contributed by atoms with van der Waals surface area (Å²) in [6.45, 7) is 10.8. The third-order valence-electron chi connectivity index (χ3n) is 6.16. The monoisotopic (exact) mass is 385 g/mol. The van der Waals surface area contributed by atoms with Gasteiger partial charge in [0.25, 0.3) is 0 Å². The molecule has 0 N–H and O–H groups in total. The molecule has 0 radical (unpaired) electrons. The summed E-state index contributed by atoms with van der Waals surface area (Å²) in [6.07, 6.45) is 5.68. The van der Waals surface area contributed by atoms with E-state index in [9.17, 15) is 14.2 Å². The van der Waals surface area contributed by atoms with E-state index in [2.05, 4.69) is 13.8 Å². The number of rotatable bonds is 10. The highest BCUT2D eigenvalue weighted by Crippen LogP contribution is 2.45. The van der Waals surface area contributed by atoms with Crippen molar-refractivity contribution in [1.29, 1.82) is 0 Å². The van der Waals surface area contributed by atoms with Gasteiger partial charge in [-0.05, 0) is 65.2 Å². The summed E-state index contributed by atoms with van der Waals surface area (Å²) in [5.74, 6) is 1.13. The number of carbonyl (C=O) groups excluding carboxylic acids is 2. The maximum atomic E-state index is 12.6. The molecule has 0 bridgehead atoms. The molecule has 2 aliphatic rings. The van der Waals surface area contributed by atoms with Crippen molar-refractivity contribution in [1.82, 2.24) is 0 Å². The third kappa shape index (κ3) is 4.79. The van der Waals surface area contributed by atoms with E-state index >= 15 is 0 Å². The van der Waals surface area contributed by atoms with E-state index < -0.39 is 19.5 Å². The molecule has 0 unspecified atom stereocenters. The van der Waals surface area contributed by atoms with Gasteiger partial charge in [0.1, 0.15) is 0 Å². The smallest absolute Gasteiger partial charge is 0.296 e. The molecule has 0 aromatic carbocycles. The summed E-state index contributed by atoms with van der Waals surface area (Å²) in [5, 5.41) is 0. The SMILES string of the molecule is CCC1CC(C(=O)C(C)(C)O[P+](=O)OC(C)(C)C(=O)C2CC(CC)C2)C1. The number of hydrogen-bond acceptors (Lipinski definition) is 5. The van der Waals surface area contributed by atoms with E-state index in [1.165, 1.54) is 0 Å². The van der Waals surface area contributed by atoms with Gasteiger partial charge in [0.2, 0.25) is 0 Å². The molecule has 0 atom stereocenters. The van der Waals surface area contributed by atoms with Crippen molar-refractivity contribution in [2.75, 3.05) is 0 Å². The van der Waals surface area contributed by atoms with Gasteiger partial charge in [-0.2, -0.15) is 0 Å². The average molecular weight is 385 g/mol. The molecule has 0 amide bonds. The van der Waals surface area contributed by atoms with Crippen LogP contribution in [0, 0.1) is 23.7 Å². The van der Waals surface area contributed by atoms with Gasteiger partial charge in [-0.15, -0.1) is 9.05 Å². The van der Waals surface area contributed by atoms with Gasteiger partial charge in [0.15, 0.2) is 22.8 Å². The highest BCUT2D eigenvalue weighted by atomic mass is 31.1. The predicted molar refractivity (Wildman–Crippen MR) is 101 cm³/mol. The number of hydrogen-bond donors (Lipinski definition) is 0. The van der Waals surface area contributed by atoms with E-state index in [-0.39, 0.29) is 23.4 Å². The van der Waals surface area contributed by atoms with Crippen LogP contribution >= 0.6 is 8.25 Å². The molecule has 0 aromatic heterocycles. The standard InChI is InChI=1S/C20H34O5P/c1-7-13-9-15(10-13)17(21)19(3,4)24-26(23)25-20(5,6)18(22)16-11-14(8-2)12-16/h13-16H,7-12H2,1-6H3/q+1. The van der Waals surface area contributed by atoms with E-state index in [1.807, 2.05) is 0 Å². The van der Waals surface area contributed by atoms with Gasteiger partial charge < -0.3 is 0 Å². The zero-order valence-corrected chi connectivity index (χ0v) is 17.9. The minimum absolute atomic E-state index is 0.0195. The topological polar surface area (TPSA) is 69.7 Å². The third-order valence-corrected chi connectivity index (χ3v) is 7.37. The van der Waals surface area contributed by atoms with Crippen LogP contribution in [0.3, 0.4) is 0 Å². The van der Waals surface area contributed by atoms with Crippen LogP contribution in [0.5, 0.6) is 0 Å². The molecule has 0 saturated heterocycles. The average Bonchev–Trinajstić information content (AvgIpc) is 2.43. The molecule has 2 fully saturated rings. The van der Waals surface area contributed by atoms with Crippen molar-refractivity contribution in [3.05, 3.63) is 0 Å². The van der Waals surface area contributed by atoms with Crippen molar-refractivity contribution in [3.8, 4) is 0 Å². The second-order valence-corrected chi connectivity index (χ2v) is 9.85. The first-order valence-electron chi connectivity index (χ1n) is 9.94. The molecule has 2 rings (SSSR count). The lowest BCUT2D eigenvalue weighted by Gasteiger charge is -2.37. The van der Waals surface area contributed by atoms with Crippen LogP contribution in [0.25, 0.3) is 0 Å². The van der Waals surface area contributed by atoms with Crippen molar-refractivity contribution in [2.45, 2.75) is 91.3 Å². The normalized spacial score (nSPS) is 29.5. The van der Waals surface area contributed by atoms with Gasteiger partial charge in [-0.1, -0.05) is 26.7 Å². The van der Waals surface area contributed by atoms with E-state index in [1.54, 1.807) is 27.7 Å². The van der Waals surface area contributed by atoms with Crippen LogP contribution in [-0.2, 0) is 23.2 Å². The van der Waals surface area contributed by atoms with E-state index in [0.717, 1.165) is 38.5 Å². The highest BCUT2D eigenvalue weighted by Gasteiger charge is 2.51. The summed E-state index contributed by atoms with van der Waals surface area (Å²) in [5.41, 5.74) is -2.33. The van der Waals surface area contributed by atoms with Gasteiger partial charge in [-0.3, -0.25) is 9.59 Å². The Kier molecular flexibility index (Phi) is 6.80. The first-order chi connectivity index (χ1) is 12.0. The van der Waals surface area contributed by atoms with Gasteiger partial charge >= 0.3 is 8.25 Å². The van der Waals surface area contributed by atoms with Gasteiger partial charge in [0, 0.05) is 16.4 Å².